The molecule has 0 spiro atoms. The van der Waals surface area contributed by atoms with Crippen LogP contribution in [-0.2, 0) is 32.5 Å². The van der Waals surface area contributed by atoms with Crippen molar-refractivity contribution < 1.29 is 0 Å². The third-order valence-electron chi connectivity index (χ3n) is 17.5. The van der Waals surface area contributed by atoms with Crippen molar-refractivity contribution in [3.63, 3.8) is 0 Å². The summed E-state index contributed by atoms with van der Waals surface area (Å²) < 4.78 is 0. The molecule has 7 aromatic carbocycles. The molecule has 0 atom stereocenters. The molecule has 3 heteroatoms. The third kappa shape index (κ3) is 7.34. The second-order valence-electron chi connectivity index (χ2n) is 26.5. The van der Waals surface area contributed by atoms with Crippen LogP contribution < -0.4 is 26.2 Å². The monoisotopic (exact) mass is 919 g/mol. The van der Waals surface area contributed by atoms with Gasteiger partial charge in [0.15, 0.2) is 0 Å². The first-order valence-electron chi connectivity index (χ1n) is 26.4. The topological polar surface area (TPSA) is 6.48 Å². The first kappa shape index (κ1) is 46.6. The Morgan fingerprint density at radius 3 is 1.50 bits per heavy atom. The zero-order valence-corrected chi connectivity index (χ0v) is 45.0. The van der Waals surface area contributed by atoms with Crippen LogP contribution in [0.25, 0.3) is 22.3 Å². The van der Waals surface area contributed by atoms with E-state index in [4.69, 9.17) is 0 Å². The Kier molecular flexibility index (Phi) is 10.4. The van der Waals surface area contributed by atoms with E-state index in [1.54, 1.807) is 0 Å². The Hall–Kier alpha value is -5.80. The quantitative estimate of drug-likeness (QED) is 0.162. The maximum absolute atomic E-state index is 2.71. The second-order valence-corrected chi connectivity index (χ2v) is 26.5. The fourth-order valence-corrected chi connectivity index (χ4v) is 13.0. The average Bonchev–Trinajstić information content (AvgIpc) is 3.31. The van der Waals surface area contributed by atoms with Gasteiger partial charge in [-0.15, -0.1) is 0 Å². The van der Waals surface area contributed by atoms with Crippen molar-refractivity contribution in [3.8, 4) is 22.3 Å². The molecule has 0 bridgehead atoms. The molecule has 2 aliphatic heterocycles. The molecule has 2 aliphatic carbocycles. The Morgan fingerprint density at radius 1 is 0.414 bits per heavy atom. The van der Waals surface area contributed by atoms with E-state index in [1.165, 1.54) is 137 Å². The molecule has 4 aliphatic rings. The molecule has 0 saturated carbocycles. The van der Waals surface area contributed by atoms with Gasteiger partial charge < -0.3 is 9.80 Å². The highest BCUT2D eigenvalue weighted by Crippen LogP contribution is 2.54. The molecular formula is C67H75BN2. The maximum atomic E-state index is 2.71. The number of rotatable bonds is 4. The van der Waals surface area contributed by atoms with Crippen LogP contribution in [0.2, 0.25) is 0 Å². The molecule has 2 heterocycles. The van der Waals surface area contributed by atoms with Crippen LogP contribution in [-0.4, -0.2) is 6.71 Å². The lowest BCUT2D eigenvalue weighted by atomic mass is 9.33. The summed E-state index contributed by atoms with van der Waals surface area (Å²) in [7, 11) is 0. The van der Waals surface area contributed by atoms with Crippen molar-refractivity contribution in [2.45, 2.75) is 162 Å². The predicted molar refractivity (Wildman–Crippen MR) is 304 cm³/mol. The number of nitrogens with zero attached hydrogens (tertiary/aromatic N) is 2. The molecule has 356 valence electrons. The second kappa shape index (κ2) is 15.6. The summed E-state index contributed by atoms with van der Waals surface area (Å²) in [5, 5.41) is 0. The lowest BCUT2D eigenvalue weighted by molar-refractivity contribution is 0.332. The number of hydrogen-bond acceptors (Lipinski definition) is 2. The Labute approximate surface area is 421 Å². The van der Waals surface area contributed by atoms with Crippen molar-refractivity contribution in [2.75, 3.05) is 9.80 Å². The van der Waals surface area contributed by atoms with Gasteiger partial charge >= 0.3 is 0 Å². The van der Waals surface area contributed by atoms with Gasteiger partial charge in [-0.3, -0.25) is 0 Å². The van der Waals surface area contributed by atoms with Crippen LogP contribution in [0, 0.1) is 6.92 Å². The van der Waals surface area contributed by atoms with E-state index in [0.717, 1.165) is 0 Å². The van der Waals surface area contributed by atoms with Gasteiger partial charge in [0.2, 0.25) is 0 Å². The summed E-state index contributed by atoms with van der Waals surface area (Å²) in [5.74, 6) is 0. The summed E-state index contributed by atoms with van der Waals surface area (Å²) in [6, 6.07) is 52.8. The highest BCUT2D eigenvalue weighted by molar-refractivity contribution is 7.00. The van der Waals surface area contributed by atoms with Crippen LogP contribution in [0.5, 0.6) is 0 Å². The maximum Gasteiger partial charge on any atom is 0.252 e. The van der Waals surface area contributed by atoms with E-state index in [-0.39, 0.29) is 39.2 Å². The first-order valence-corrected chi connectivity index (χ1v) is 26.4. The summed E-state index contributed by atoms with van der Waals surface area (Å²) >= 11 is 0. The number of fused-ring (bicyclic) bond motifs is 6. The number of anilines is 6. The van der Waals surface area contributed by atoms with Crippen LogP contribution >= 0.6 is 0 Å². The molecule has 2 nitrogen and oxygen atoms in total. The van der Waals surface area contributed by atoms with Crippen molar-refractivity contribution in [1.29, 1.82) is 0 Å². The molecule has 11 rings (SSSR count). The lowest BCUT2D eigenvalue weighted by Gasteiger charge is -2.48. The van der Waals surface area contributed by atoms with E-state index in [0.29, 0.717) is 0 Å². The normalized spacial score (nSPS) is 18.1. The van der Waals surface area contributed by atoms with Gasteiger partial charge in [-0.2, -0.15) is 0 Å². The number of hydrogen-bond donors (Lipinski definition) is 0. The van der Waals surface area contributed by atoms with E-state index >= 15 is 0 Å². The molecule has 0 fully saturated rings. The van der Waals surface area contributed by atoms with Gasteiger partial charge in [0.05, 0.1) is 5.69 Å². The first-order chi connectivity index (χ1) is 32.9. The van der Waals surface area contributed by atoms with E-state index in [1.807, 2.05) is 0 Å². The molecule has 0 unspecified atom stereocenters. The van der Waals surface area contributed by atoms with Crippen LogP contribution in [0.3, 0.4) is 0 Å². The molecule has 0 aromatic heterocycles. The van der Waals surface area contributed by atoms with Crippen molar-refractivity contribution in [3.05, 3.63) is 172 Å². The fourth-order valence-electron chi connectivity index (χ4n) is 13.0. The van der Waals surface area contributed by atoms with E-state index in [9.17, 15) is 0 Å². The molecule has 0 radical (unpaired) electrons. The van der Waals surface area contributed by atoms with Crippen molar-refractivity contribution in [1.82, 2.24) is 0 Å². The Bertz CT molecular complexity index is 3240. The van der Waals surface area contributed by atoms with E-state index in [2.05, 4.69) is 247 Å². The molecular weight excluding hydrogens is 844 g/mol. The van der Waals surface area contributed by atoms with Gasteiger partial charge in [-0.05, 0) is 186 Å². The van der Waals surface area contributed by atoms with Crippen LogP contribution in [0.4, 0.5) is 34.1 Å². The largest absolute Gasteiger partial charge is 0.311 e. The Morgan fingerprint density at radius 2 is 0.929 bits per heavy atom. The molecule has 7 aromatic rings. The highest BCUT2D eigenvalue weighted by atomic mass is 15.2. The fraction of sp³-hybridized carbons (Fsp3) is 0.373. The SMILES string of the molecule is Cc1cc2c3c(c1)N(c1cc(-c4ccccc4)c(C(C)(C)C)cc1-c1ccccc1)c1ccc(C(C)(C)C)cc1B3c1cc3c(cc1N2c1ccc2c(c1)C(C)(C)CCC2(C)C)C(C)(C)CCC3(C)C. The zero-order chi connectivity index (χ0) is 49.7. The minimum atomic E-state index is -0.105. The standard InChI is InChI=1S/C67H75BN2/c1-42-34-59-61-60(35-42)70(57-39-47(43-22-18-16-19-23-43)50(63(5,6)7)38-48(57)44-24-20-17-21-25-44)56-29-26-45(62(2,3)4)36-54(56)68(61)55-40-52-53(67(14,15)33-32-66(52,12)13)41-58(55)69(59)46-27-28-49-51(37-46)65(10,11)31-30-64(49,8)9/h16-29,34-41H,30-33H2,1-15H3. The average molecular weight is 919 g/mol. The summed E-state index contributed by atoms with van der Waals surface area (Å²) in [6.07, 6.45) is 4.72. The molecule has 0 N–H and O–H groups in total. The molecule has 0 amide bonds. The predicted octanol–water partition coefficient (Wildman–Crippen LogP) is 16.7. The Balaban J connectivity index is 1.29. The molecule has 0 saturated heterocycles. The number of benzene rings is 7. The summed E-state index contributed by atoms with van der Waals surface area (Å²) in [6.45, 7) is 36.4. The number of aryl methyl sites for hydroxylation is 1. The van der Waals surface area contributed by atoms with E-state index < -0.39 is 0 Å². The summed E-state index contributed by atoms with van der Waals surface area (Å²) in [4.78, 5) is 5.39. The van der Waals surface area contributed by atoms with Gasteiger partial charge in [-0.25, -0.2) is 0 Å². The highest BCUT2D eigenvalue weighted by Gasteiger charge is 2.48. The lowest BCUT2D eigenvalue weighted by Crippen LogP contribution is -2.62. The zero-order valence-electron chi connectivity index (χ0n) is 45.0. The molecule has 70 heavy (non-hydrogen) atoms. The van der Waals surface area contributed by atoms with Gasteiger partial charge in [0.25, 0.3) is 6.71 Å². The van der Waals surface area contributed by atoms with Crippen molar-refractivity contribution >= 4 is 57.2 Å². The van der Waals surface area contributed by atoms with Gasteiger partial charge in [-0.1, -0.05) is 182 Å². The smallest absolute Gasteiger partial charge is 0.252 e. The van der Waals surface area contributed by atoms with Crippen molar-refractivity contribution in [2.24, 2.45) is 0 Å². The minimum absolute atomic E-state index is 0.0205. The van der Waals surface area contributed by atoms with Gasteiger partial charge in [0, 0.05) is 34.0 Å². The van der Waals surface area contributed by atoms with Gasteiger partial charge in [0.1, 0.15) is 0 Å². The summed E-state index contributed by atoms with van der Waals surface area (Å²) in [5.41, 5.74) is 26.9. The third-order valence-corrected chi connectivity index (χ3v) is 17.5. The van der Waals surface area contributed by atoms with Crippen LogP contribution in [0.15, 0.2) is 133 Å². The minimum Gasteiger partial charge on any atom is -0.311 e. The van der Waals surface area contributed by atoms with Crippen LogP contribution in [0.1, 0.15) is 162 Å².